The van der Waals surface area contributed by atoms with E-state index in [2.05, 4.69) is 5.32 Å². The van der Waals surface area contributed by atoms with Crippen LogP contribution in [0.5, 0.6) is 0 Å². The van der Waals surface area contributed by atoms with Crippen LogP contribution in [0.4, 0.5) is 0 Å². The number of nitrogens with one attached hydrogen (secondary N) is 1. The Morgan fingerprint density at radius 3 is 2.81 bits per heavy atom. The van der Waals surface area contributed by atoms with Crippen molar-refractivity contribution in [2.24, 2.45) is 17.8 Å². The van der Waals surface area contributed by atoms with Crippen LogP contribution in [-0.2, 0) is 14.3 Å². The first kappa shape index (κ1) is 10.5. The lowest BCUT2D eigenvalue weighted by Gasteiger charge is -2.32. The molecule has 4 nitrogen and oxygen atoms in total. The molecule has 4 fully saturated rings. The molecule has 3 atom stereocenters. The molecule has 3 heterocycles. The summed E-state index contributed by atoms with van der Waals surface area (Å²) in [6, 6.07) is 0.409. The van der Waals surface area contributed by atoms with E-state index in [0.29, 0.717) is 24.5 Å². The van der Waals surface area contributed by atoms with Crippen molar-refractivity contribution in [2.45, 2.75) is 25.3 Å². The Bertz CT molecular complexity index is 261. The molecule has 1 saturated carbocycles. The molecule has 90 valence electrons. The third-order valence-corrected chi connectivity index (χ3v) is 4.21. The molecule has 0 aromatic heterocycles. The van der Waals surface area contributed by atoms with Gasteiger partial charge in [-0.1, -0.05) is 0 Å². The molecule has 0 radical (unpaired) electrons. The van der Waals surface area contributed by atoms with Gasteiger partial charge in [-0.15, -0.1) is 0 Å². The molecule has 1 N–H and O–H groups in total. The van der Waals surface area contributed by atoms with Crippen LogP contribution in [0.1, 0.15) is 19.3 Å². The second kappa shape index (κ2) is 4.34. The summed E-state index contributed by atoms with van der Waals surface area (Å²) in [5, 5.41) is 3.34. The Labute approximate surface area is 95.7 Å². The Balaban J connectivity index is 1.43. The molecule has 4 rings (SSSR count). The molecule has 3 unspecified atom stereocenters. The average molecular weight is 225 g/mol. The zero-order chi connectivity index (χ0) is 11.0. The third-order valence-electron chi connectivity index (χ3n) is 4.21. The van der Waals surface area contributed by atoms with E-state index >= 15 is 0 Å². The Hall–Kier alpha value is -0.610. The van der Waals surface area contributed by atoms with Gasteiger partial charge in [0.1, 0.15) is 0 Å². The fourth-order valence-corrected chi connectivity index (χ4v) is 3.04. The van der Waals surface area contributed by atoms with Gasteiger partial charge < -0.3 is 14.8 Å². The zero-order valence-corrected chi connectivity index (χ0v) is 9.48. The van der Waals surface area contributed by atoms with Crippen molar-refractivity contribution in [2.75, 3.05) is 26.4 Å². The van der Waals surface area contributed by atoms with E-state index in [1.165, 1.54) is 0 Å². The number of hydrogen-bond acceptors (Lipinski definition) is 4. The number of hydrogen-bond donors (Lipinski definition) is 1. The van der Waals surface area contributed by atoms with Gasteiger partial charge in [0.2, 0.25) is 0 Å². The van der Waals surface area contributed by atoms with Crippen molar-refractivity contribution in [3.63, 3.8) is 0 Å². The van der Waals surface area contributed by atoms with Crippen LogP contribution < -0.4 is 5.32 Å². The van der Waals surface area contributed by atoms with E-state index in [1.807, 2.05) is 0 Å². The van der Waals surface area contributed by atoms with Crippen LogP contribution in [0.25, 0.3) is 0 Å². The lowest BCUT2D eigenvalue weighted by Crippen LogP contribution is -2.43. The Morgan fingerprint density at radius 2 is 2.19 bits per heavy atom. The topological polar surface area (TPSA) is 47.6 Å². The number of esters is 1. The van der Waals surface area contributed by atoms with Crippen LogP contribution in [0, 0.1) is 17.8 Å². The summed E-state index contributed by atoms with van der Waals surface area (Å²) >= 11 is 0. The first-order chi connectivity index (χ1) is 7.84. The van der Waals surface area contributed by atoms with Gasteiger partial charge in [0, 0.05) is 19.3 Å². The van der Waals surface area contributed by atoms with Gasteiger partial charge in [-0.3, -0.25) is 4.79 Å². The van der Waals surface area contributed by atoms with E-state index < -0.39 is 0 Å². The normalized spacial score (nSPS) is 38.1. The fourth-order valence-electron chi connectivity index (χ4n) is 3.04. The van der Waals surface area contributed by atoms with Gasteiger partial charge >= 0.3 is 5.97 Å². The average Bonchev–Trinajstić information content (AvgIpc) is 2.90. The molecule has 0 aromatic carbocycles. The monoisotopic (exact) mass is 225 g/mol. The molecule has 3 aliphatic heterocycles. The lowest BCUT2D eigenvalue weighted by atomic mass is 9.74. The highest BCUT2D eigenvalue weighted by Crippen LogP contribution is 2.40. The van der Waals surface area contributed by atoms with E-state index in [1.54, 1.807) is 0 Å². The highest BCUT2D eigenvalue weighted by molar-refractivity contribution is 5.75. The quantitative estimate of drug-likeness (QED) is 0.713. The maximum Gasteiger partial charge on any atom is 0.310 e. The third kappa shape index (κ3) is 1.84. The van der Waals surface area contributed by atoms with Gasteiger partial charge in [-0.25, -0.2) is 0 Å². The van der Waals surface area contributed by atoms with Crippen LogP contribution in [-0.4, -0.2) is 38.4 Å². The predicted molar refractivity (Wildman–Crippen MR) is 57.9 cm³/mol. The fraction of sp³-hybridized carbons (Fsp3) is 0.917. The van der Waals surface area contributed by atoms with Crippen LogP contribution >= 0.6 is 0 Å². The largest absolute Gasteiger partial charge is 0.465 e. The number of carbonyl (C=O) groups is 1. The lowest BCUT2D eigenvalue weighted by molar-refractivity contribution is -0.156. The SMILES string of the molecule is O=C(OCC1CCOCC1)C1C2CNC1C2. The second-order valence-corrected chi connectivity index (χ2v) is 5.22. The van der Waals surface area contributed by atoms with Gasteiger partial charge in [0.25, 0.3) is 0 Å². The Morgan fingerprint density at radius 1 is 1.38 bits per heavy atom. The minimum atomic E-state index is 0.0257. The number of carbonyl (C=O) groups excluding carboxylic acids is 1. The standard InChI is InChI=1S/C12H19NO3/c14-12(11-9-5-10(11)13-6-9)16-7-8-1-3-15-4-2-8/h8-11,13H,1-7H2. The summed E-state index contributed by atoms with van der Waals surface area (Å²) in [6.07, 6.45) is 3.23. The van der Waals surface area contributed by atoms with Gasteiger partial charge in [0.05, 0.1) is 12.5 Å². The highest BCUT2D eigenvalue weighted by Gasteiger charge is 2.51. The van der Waals surface area contributed by atoms with E-state index in [9.17, 15) is 4.79 Å². The maximum atomic E-state index is 11.8. The van der Waals surface area contributed by atoms with Crippen LogP contribution in [0.2, 0.25) is 0 Å². The van der Waals surface area contributed by atoms with E-state index in [4.69, 9.17) is 9.47 Å². The molecule has 0 spiro atoms. The number of ether oxygens (including phenoxy) is 2. The Kier molecular flexibility index (Phi) is 2.86. The maximum absolute atomic E-state index is 11.8. The van der Waals surface area contributed by atoms with Gasteiger partial charge in [-0.05, 0) is 37.6 Å². The zero-order valence-electron chi connectivity index (χ0n) is 9.48. The molecule has 1 aliphatic carbocycles. The molecule has 0 aromatic rings. The molecule has 3 saturated heterocycles. The van der Waals surface area contributed by atoms with Gasteiger partial charge in [-0.2, -0.15) is 0 Å². The predicted octanol–water partition coefficient (Wildman–Crippen LogP) is 0.564. The van der Waals surface area contributed by atoms with Crippen LogP contribution in [0.3, 0.4) is 0 Å². The van der Waals surface area contributed by atoms with Crippen molar-refractivity contribution in [3.05, 3.63) is 0 Å². The molecular formula is C12H19NO3. The molecule has 4 heteroatoms. The van der Waals surface area contributed by atoms with Crippen molar-refractivity contribution in [1.29, 1.82) is 0 Å². The number of rotatable bonds is 3. The van der Waals surface area contributed by atoms with Gasteiger partial charge in [0.15, 0.2) is 0 Å². The van der Waals surface area contributed by atoms with Crippen molar-refractivity contribution in [1.82, 2.24) is 5.32 Å². The summed E-state index contributed by atoms with van der Waals surface area (Å²) in [7, 11) is 0. The molecule has 16 heavy (non-hydrogen) atoms. The summed E-state index contributed by atoms with van der Waals surface area (Å²) in [4.78, 5) is 11.8. The summed E-state index contributed by atoms with van der Waals surface area (Å²) in [5.74, 6) is 1.24. The number of fused-ring (bicyclic) bond motifs is 1. The van der Waals surface area contributed by atoms with Crippen LogP contribution in [0.15, 0.2) is 0 Å². The van der Waals surface area contributed by atoms with Crippen molar-refractivity contribution in [3.8, 4) is 0 Å². The summed E-state index contributed by atoms with van der Waals surface area (Å²) < 4.78 is 10.7. The molecule has 2 bridgehead atoms. The summed E-state index contributed by atoms with van der Waals surface area (Å²) in [5.41, 5.74) is 0. The van der Waals surface area contributed by atoms with E-state index in [0.717, 1.165) is 39.0 Å². The summed E-state index contributed by atoms with van der Waals surface area (Å²) in [6.45, 7) is 3.23. The molecule has 0 amide bonds. The smallest absolute Gasteiger partial charge is 0.310 e. The molecule has 4 aliphatic rings. The van der Waals surface area contributed by atoms with E-state index in [-0.39, 0.29) is 11.9 Å². The highest BCUT2D eigenvalue weighted by atomic mass is 16.5. The second-order valence-electron chi connectivity index (χ2n) is 5.22. The first-order valence-electron chi connectivity index (χ1n) is 6.32. The molecular weight excluding hydrogens is 206 g/mol. The van der Waals surface area contributed by atoms with Crippen molar-refractivity contribution >= 4 is 5.97 Å². The first-order valence-corrected chi connectivity index (χ1v) is 6.32. The minimum Gasteiger partial charge on any atom is -0.465 e. The van der Waals surface area contributed by atoms with Crippen molar-refractivity contribution < 1.29 is 14.3 Å². The minimum absolute atomic E-state index is 0.0257.